The number of anilines is 2. The molecule has 2 aromatic carbocycles. The molecule has 1 unspecified atom stereocenters. The van der Waals surface area contributed by atoms with Crippen LogP contribution in [0.5, 0.6) is 0 Å². The summed E-state index contributed by atoms with van der Waals surface area (Å²) in [5.74, 6) is -1.05. The van der Waals surface area contributed by atoms with Crippen LogP contribution in [-0.2, 0) is 4.79 Å². The van der Waals surface area contributed by atoms with Crippen molar-refractivity contribution in [1.29, 1.82) is 0 Å². The number of amides is 2. The summed E-state index contributed by atoms with van der Waals surface area (Å²) in [7, 11) is 1.72. The lowest BCUT2D eigenvalue weighted by molar-refractivity contribution is -0.121. The quantitative estimate of drug-likeness (QED) is 0.738. The number of H-pyrrole nitrogens is 1. The fourth-order valence-corrected chi connectivity index (χ4v) is 3.38. The molecule has 8 heteroatoms. The van der Waals surface area contributed by atoms with Gasteiger partial charge in [-0.2, -0.15) is 0 Å². The van der Waals surface area contributed by atoms with Crippen LogP contribution in [0.25, 0.3) is 11.4 Å². The van der Waals surface area contributed by atoms with Crippen molar-refractivity contribution in [2.75, 3.05) is 23.4 Å². The van der Waals surface area contributed by atoms with Gasteiger partial charge in [-0.05, 0) is 24.3 Å². The molecule has 1 N–H and O–H groups in total. The number of nitrogens with one attached hydrogen (secondary N) is 1. The summed E-state index contributed by atoms with van der Waals surface area (Å²) in [5, 5.41) is 3.66. The Bertz CT molecular complexity index is 1120. The Hall–Kier alpha value is -3.68. The van der Waals surface area contributed by atoms with Gasteiger partial charge in [-0.1, -0.05) is 36.3 Å². The number of rotatable bonds is 2. The van der Waals surface area contributed by atoms with Crippen molar-refractivity contribution >= 4 is 23.2 Å². The molecule has 2 heterocycles. The summed E-state index contributed by atoms with van der Waals surface area (Å²) in [5.41, 5.74) is 2.33. The van der Waals surface area contributed by atoms with Gasteiger partial charge in [0.15, 0.2) is 5.82 Å². The number of fused-ring (bicyclic) bond motifs is 1. The van der Waals surface area contributed by atoms with Crippen molar-refractivity contribution in [1.82, 2.24) is 10.1 Å². The number of para-hydroxylation sites is 2. The van der Waals surface area contributed by atoms with Crippen LogP contribution in [0.3, 0.4) is 0 Å². The minimum absolute atomic E-state index is 0.0447. The molecule has 1 aromatic heterocycles. The maximum Gasteiger partial charge on any atom is 0.439 e. The van der Waals surface area contributed by atoms with E-state index in [-0.39, 0.29) is 30.1 Å². The number of carbonyl (C=O) groups excluding carboxylic acids is 2. The normalized spacial score (nSPS) is 16.6. The smallest absolute Gasteiger partial charge is 0.313 e. The molecule has 0 saturated heterocycles. The number of nitrogens with zero attached hydrogens (tertiary/aromatic N) is 3. The van der Waals surface area contributed by atoms with Crippen molar-refractivity contribution in [3.63, 3.8) is 0 Å². The molecule has 4 rings (SSSR count). The highest BCUT2D eigenvalue weighted by Crippen LogP contribution is 2.34. The lowest BCUT2D eigenvalue weighted by Crippen LogP contribution is -2.37. The molecular weight excluding hydrogens is 360 g/mol. The van der Waals surface area contributed by atoms with E-state index >= 15 is 0 Å². The van der Waals surface area contributed by atoms with Crippen LogP contribution in [0, 0.1) is 5.92 Å². The maximum absolute atomic E-state index is 13.3. The molecule has 2 amide bonds. The molecule has 1 aliphatic rings. The highest BCUT2D eigenvalue weighted by molar-refractivity contribution is 6.11. The number of hydrogen-bond donors (Lipinski definition) is 1. The van der Waals surface area contributed by atoms with Crippen LogP contribution in [0.2, 0.25) is 0 Å². The van der Waals surface area contributed by atoms with Crippen LogP contribution in [0.1, 0.15) is 17.3 Å². The summed E-state index contributed by atoms with van der Waals surface area (Å²) >= 11 is 0. The van der Waals surface area contributed by atoms with Gasteiger partial charge in [-0.3, -0.25) is 19.1 Å². The van der Waals surface area contributed by atoms with E-state index in [4.69, 9.17) is 0 Å². The fourth-order valence-electron chi connectivity index (χ4n) is 3.38. The zero-order valence-corrected chi connectivity index (χ0v) is 15.4. The SMILES string of the molecule is CC1CN(C(=O)c2cccc(-c3noc(=O)[nH]3)c2)c2ccccc2N(C)C1=O. The van der Waals surface area contributed by atoms with Gasteiger partial charge in [0.2, 0.25) is 5.91 Å². The summed E-state index contributed by atoms with van der Waals surface area (Å²) in [6, 6.07) is 14.1. The molecule has 0 aliphatic carbocycles. The minimum atomic E-state index is -0.663. The van der Waals surface area contributed by atoms with Crippen molar-refractivity contribution in [2.45, 2.75) is 6.92 Å². The van der Waals surface area contributed by atoms with Crippen LogP contribution >= 0.6 is 0 Å². The van der Waals surface area contributed by atoms with Crippen LogP contribution < -0.4 is 15.6 Å². The third-order valence-electron chi connectivity index (χ3n) is 4.81. The van der Waals surface area contributed by atoms with E-state index in [1.807, 2.05) is 31.2 Å². The van der Waals surface area contributed by atoms with E-state index in [2.05, 4.69) is 14.7 Å². The van der Waals surface area contributed by atoms with Crippen molar-refractivity contribution in [3.8, 4) is 11.4 Å². The molecule has 8 nitrogen and oxygen atoms in total. The monoisotopic (exact) mass is 378 g/mol. The summed E-state index contributed by atoms with van der Waals surface area (Å²) in [6.45, 7) is 2.07. The molecule has 0 fully saturated rings. The lowest BCUT2D eigenvalue weighted by atomic mass is 10.1. The molecule has 1 aliphatic heterocycles. The first-order chi connectivity index (χ1) is 13.5. The van der Waals surface area contributed by atoms with Crippen molar-refractivity contribution < 1.29 is 14.1 Å². The molecule has 0 saturated carbocycles. The van der Waals surface area contributed by atoms with Crippen LogP contribution in [0.15, 0.2) is 57.8 Å². The Kier molecular flexibility index (Phi) is 4.31. The van der Waals surface area contributed by atoms with E-state index in [9.17, 15) is 14.4 Å². The van der Waals surface area contributed by atoms with Gasteiger partial charge in [0, 0.05) is 24.7 Å². The second-order valence-electron chi connectivity index (χ2n) is 6.73. The third kappa shape index (κ3) is 2.98. The number of carbonyl (C=O) groups is 2. The molecule has 0 spiro atoms. The van der Waals surface area contributed by atoms with Crippen LogP contribution in [-0.4, -0.2) is 35.5 Å². The minimum Gasteiger partial charge on any atom is -0.313 e. The Balaban J connectivity index is 1.76. The number of hydrogen-bond acceptors (Lipinski definition) is 5. The van der Waals surface area contributed by atoms with Gasteiger partial charge in [-0.25, -0.2) is 4.79 Å². The van der Waals surface area contributed by atoms with E-state index in [0.717, 1.165) is 0 Å². The predicted molar refractivity (Wildman–Crippen MR) is 103 cm³/mol. The molecular formula is C20H18N4O4. The van der Waals surface area contributed by atoms with Gasteiger partial charge in [-0.15, -0.1) is 0 Å². The Morgan fingerprint density at radius 3 is 2.61 bits per heavy atom. The molecule has 142 valence electrons. The topological polar surface area (TPSA) is 99.5 Å². The first-order valence-electron chi connectivity index (χ1n) is 8.80. The largest absolute Gasteiger partial charge is 0.439 e. The third-order valence-corrected chi connectivity index (χ3v) is 4.81. The first kappa shape index (κ1) is 17.7. The number of aromatic nitrogens is 2. The second-order valence-corrected chi connectivity index (χ2v) is 6.73. The Labute approximate surface area is 160 Å². The highest BCUT2D eigenvalue weighted by atomic mass is 16.5. The van der Waals surface area contributed by atoms with Gasteiger partial charge in [0.25, 0.3) is 5.91 Å². The van der Waals surface area contributed by atoms with E-state index < -0.39 is 5.76 Å². The number of aromatic amines is 1. The standard InChI is InChI=1S/C20H18N4O4/c1-12-11-24(16-9-4-3-8-15(16)23(2)18(12)25)19(26)14-7-5-6-13(10-14)17-21-20(27)28-22-17/h3-10,12H,11H2,1-2H3,(H,21,22,27). The van der Waals surface area contributed by atoms with Crippen molar-refractivity contribution in [3.05, 3.63) is 64.6 Å². The number of benzene rings is 2. The first-order valence-corrected chi connectivity index (χ1v) is 8.80. The summed E-state index contributed by atoms with van der Waals surface area (Å²) < 4.78 is 4.54. The zero-order valence-electron chi connectivity index (χ0n) is 15.4. The van der Waals surface area contributed by atoms with E-state index in [1.165, 1.54) is 0 Å². The molecule has 1 atom stereocenters. The fraction of sp³-hybridized carbons (Fsp3) is 0.200. The zero-order chi connectivity index (χ0) is 19.8. The Morgan fingerprint density at radius 2 is 1.89 bits per heavy atom. The summed E-state index contributed by atoms with van der Waals surface area (Å²) in [4.78, 5) is 42.8. The molecule has 0 bridgehead atoms. The molecule has 28 heavy (non-hydrogen) atoms. The predicted octanol–water partition coefficient (Wildman–Crippen LogP) is 2.29. The van der Waals surface area contributed by atoms with Crippen molar-refractivity contribution in [2.24, 2.45) is 5.92 Å². The lowest BCUT2D eigenvalue weighted by Gasteiger charge is -2.24. The van der Waals surface area contributed by atoms with Gasteiger partial charge >= 0.3 is 5.76 Å². The van der Waals surface area contributed by atoms with Gasteiger partial charge < -0.3 is 9.80 Å². The molecule has 0 radical (unpaired) electrons. The van der Waals surface area contributed by atoms with E-state index in [0.29, 0.717) is 22.5 Å². The Morgan fingerprint density at radius 1 is 1.14 bits per heavy atom. The highest BCUT2D eigenvalue weighted by Gasteiger charge is 2.32. The van der Waals surface area contributed by atoms with E-state index in [1.54, 1.807) is 41.1 Å². The summed E-state index contributed by atoms with van der Waals surface area (Å²) in [6.07, 6.45) is 0. The second kappa shape index (κ2) is 6.80. The van der Waals surface area contributed by atoms with Gasteiger partial charge in [0.1, 0.15) is 0 Å². The van der Waals surface area contributed by atoms with Crippen LogP contribution in [0.4, 0.5) is 11.4 Å². The molecule has 3 aromatic rings. The average Bonchev–Trinajstić information content (AvgIpc) is 3.13. The average molecular weight is 378 g/mol. The van der Waals surface area contributed by atoms with Gasteiger partial charge in [0.05, 0.1) is 17.3 Å². The maximum atomic E-state index is 13.3.